The number of amides is 1. The molecule has 0 aliphatic carbocycles. The molecule has 2 aromatic carbocycles. The van der Waals surface area contributed by atoms with Gasteiger partial charge in [-0.15, -0.1) is 0 Å². The highest BCUT2D eigenvalue weighted by molar-refractivity contribution is 6.40. The topological polar surface area (TPSA) is 77.0 Å². The molecule has 2 aromatic rings. The smallest absolute Gasteiger partial charge is 0.337 e. The number of hydrazone groups is 1. The Labute approximate surface area is 164 Å². The van der Waals surface area contributed by atoms with E-state index in [1.807, 2.05) is 0 Å². The number of hydrogen-bond acceptors (Lipinski definition) is 5. The maximum atomic E-state index is 11.8. The summed E-state index contributed by atoms with van der Waals surface area (Å²) in [6.07, 6.45) is 1.42. The number of nitrogens with one attached hydrogen (secondary N) is 1. The van der Waals surface area contributed by atoms with E-state index >= 15 is 0 Å². The molecule has 0 fully saturated rings. The van der Waals surface area contributed by atoms with Crippen LogP contribution in [0.3, 0.4) is 0 Å². The van der Waals surface area contributed by atoms with Crippen molar-refractivity contribution < 1.29 is 19.1 Å². The summed E-state index contributed by atoms with van der Waals surface area (Å²) >= 11 is 17.7. The van der Waals surface area contributed by atoms with Gasteiger partial charge in [0.2, 0.25) is 0 Å². The van der Waals surface area contributed by atoms with E-state index in [-0.39, 0.29) is 22.4 Å². The Kier molecular flexibility index (Phi) is 7.26. The first-order chi connectivity index (χ1) is 12.4. The average molecular weight is 416 g/mol. The number of carbonyl (C=O) groups is 2. The maximum absolute atomic E-state index is 11.8. The normalized spacial score (nSPS) is 10.6. The number of carbonyl (C=O) groups excluding carboxylic acids is 2. The van der Waals surface area contributed by atoms with Crippen LogP contribution in [0.15, 0.2) is 41.5 Å². The van der Waals surface area contributed by atoms with E-state index in [1.54, 1.807) is 24.3 Å². The van der Waals surface area contributed by atoms with Crippen LogP contribution in [0.25, 0.3) is 0 Å². The number of hydrogen-bond donors (Lipinski definition) is 1. The molecule has 6 nitrogen and oxygen atoms in total. The Morgan fingerprint density at radius 2 is 1.73 bits per heavy atom. The van der Waals surface area contributed by atoms with Gasteiger partial charge in [0.25, 0.3) is 5.91 Å². The van der Waals surface area contributed by atoms with Crippen molar-refractivity contribution in [3.8, 4) is 5.75 Å². The summed E-state index contributed by atoms with van der Waals surface area (Å²) in [6.45, 7) is -0.334. The Bertz CT molecular complexity index is 815. The molecule has 0 aliphatic rings. The summed E-state index contributed by atoms with van der Waals surface area (Å²) in [5.41, 5.74) is 3.40. The van der Waals surface area contributed by atoms with Crippen molar-refractivity contribution in [1.82, 2.24) is 5.43 Å². The molecular weight excluding hydrogens is 403 g/mol. The molecule has 9 heteroatoms. The Morgan fingerprint density at radius 1 is 1.12 bits per heavy atom. The first kappa shape index (κ1) is 20.0. The largest absolute Gasteiger partial charge is 0.481 e. The molecular formula is C17H13Cl3N2O4. The molecule has 1 amide bonds. The quantitative estimate of drug-likeness (QED) is 0.440. The second-order valence-corrected chi connectivity index (χ2v) is 6.14. The van der Waals surface area contributed by atoms with Gasteiger partial charge in [-0.1, -0.05) is 46.9 Å². The lowest BCUT2D eigenvalue weighted by Crippen LogP contribution is -2.24. The number of methoxy groups -OCH3 is 1. The molecule has 0 saturated heterocycles. The molecule has 0 heterocycles. The van der Waals surface area contributed by atoms with Crippen LogP contribution < -0.4 is 10.2 Å². The average Bonchev–Trinajstić information content (AvgIpc) is 2.60. The zero-order chi connectivity index (χ0) is 19.1. The van der Waals surface area contributed by atoms with Crippen molar-refractivity contribution in [3.05, 3.63) is 62.6 Å². The van der Waals surface area contributed by atoms with E-state index in [0.717, 1.165) is 0 Å². The van der Waals surface area contributed by atoms with Crippen molar-refractivity contribution in [3.63, 3.8) is 0 Å². The van der Waals surface area contributed by atoms with Gasteiger partial charge >= 0.3 is 5.97 Å². The van der Waals surface area contributed by atoms with Gasteiger partial charge in [0.1, 0.15) is 0 Å². The van der Waals surface area contributed by atoms with Crippen LogP contribution in [0.1, 0.15) is 15.9 Å². The molecule has 1 N–H and O–H groups in total. The van der Waals surface area contributed by atoms with Gasteiger partial charge in [-0.05, 0) is 29.8 Å². The Hall–Kier alpha value is -2.28. The summed E-state index contributed by atoms with van der Waals surface area (Å²) in [7, 11) is 1.31. The molecule has 26 heavy (non-hydrogen) atoms. The van der Waals surface area contributed by atoms with Crippen LogP contribution in [0, 0.1) is 0 Å². The van der Waals surface area contributed by atoms with Crippen LogP contribution in [0.4, 0.5) is 0 Å². The van der Waals surface area contributed by atoms with Crippen LogP contribution >= 0.6 is 34.8 Å². The van der Waals surface area contributed by atoms with Gasteiger partial charge in [0.05, 0.1) is 28.9 Å². The first-order valence-electron chi connectivity index (χ1n) is 7.18. The van der Waals surface area contributed by atoms with E-state index in [4.69, 9.17) is 39.5 Å². The third-order valence-corrected chi connectivity index (χ3v) is 3.83. The number of benzene rings is 2. The zero-order valence-electron chi connectivity index (χ0n) is 13.5. The SMILES string of the molecule is COC(=O)c1ccc(/C=N/NC(=O)COc2c(Cl)cc(Cl)cc2Cl)cc1. The van der Waals surface area contributed by atoms with Gasteiger partial charge < -0.3 is 9.47 Å². The molecule has 0 radical (unpaired) electrons. The van der Waals surface area contributed by atoms with Gasteiger partial charge in [-0.25, -0.2) is 10.2 Å². The van der Waals surface area contributed by atoms with Gasteiger partial charge in [0, 0.05) is 5.02 Å². The summed E-state index contributed by atoms with van der Waals surface area (Å²) in [5.74, 6) is -0.775. The standard InChI is InChI=1S/C17H13Cl3N2O4/c1-25-17(24)11-4-2-10(3-5-11)8-21-22-15(23)9-26-16-13(19)6-12(18)7-14(16)20/h2-8H,9H2,1H3,(H,22,23)/b21-8+. The predicted molar refractivity (Wildman–Crippen MR) is 100 cm³/mol. The van der Waals surface area contributed by atoms with Gasteiger partial charge in [-0.3, -0.25) is 4.79 Å². The third-order valence-electron chi connectivity index (χ3n) is 3.05. The first-order valence-corrected chi connectivity index (χ1v) is 8.31. The summed E-state index contributed by atoms with van der Waals surface area (Å²) in [4.78, 5) is 23.1. The Morgan fingerprint density at radius 3 is 2.31 bits per heavy atom. The van der Waals surface area contributed by atoms with Crippen LogP contribution in [0.2, 0.25) is 15.1 Å². The molecule has 0 bridgehead atoms. The molecule has 2 rings (SSSR count). The number of nitrogens with zero attached hydrogens (tertiary/aromatic N) is 1. The lowest BCUT2D eigenvalue weighted by molar-refractivity contribution is -0.123. The molecule has 0 saturated carbocycles. The molecule has 0 aromatic heterocycles. The molecule has 0 spiro atoms. The third kappa shape index (κ3) is 5.62. The highest BCUT2D eigenvalue weighted by Crippen LogP contribution is 2.35. The van der Waals surface area contributed by atoms with Crippen molar-refractivity contribution in [2.45, 2.75) is 0 Å². The number of rotatable bonds is 6. The molecule has 0 unspecified atom stereocenters. The van der Waals surface area contributed by atoms with E-state index in [0.29, 0.717) is 16.1 Å². The fourth-order valence-corrected chi connectivity index (χ4v) is 2.76. The van der Waals surface area contributed by atoms with E-state index in [2.05, 4.69) is 15.3 Å². The predicted octanol–water partition coefficient (Wildman–Crippen LogP) is 3.96. The summed E-state index contributed by atoms with van der Waals surface area (Å²) in [6, 6.07) is 9.40. The zero-order valence-corrected chi connectivity index (χ0v) is 15.7. The van der Waals surface area contributed by atoms with Crippen LogP contribution in [-0.2, 0) is 9.53 Å². The number of ether oxygens (including phenoxy) is 2. The van der Waals surface area contributed by atoms with Gasteiger partial charge in [-0.2, -0.15) is 5.10 Å². The van der Waals surface area contributed by atoms with Crippen molar-refractivity contribution >= 4 is 52.9 Å². The number of esters is 1. The van der Waals surface area contributed by atoms with E-state index in [9.17, 15) is 9.59 Å². The minimum absolute atomic E-state index is 0.162. The van der Waals surface area contributed by atoms with Crippen molar-refractivity contribution in [1.29, 1.82) is 0 Å². The lowest BCUT2D eigenvalue weighted by Gasteiger charge is -2.09. The molecule has 136 valence electrons. The van der Waals surface area contributed by atoms with Crippen LogP contribution in [0.5, 0.6) is 5.75 Å². The second kappa shape index (κ2) is 9.43. The molecule has 0 atom stereocenters. The minimum atomic E-state index is -0.505. The van der Waals surface area contributed by atoms with Gasteiger partial charge in [0.15, 0.2) is 12.4 Å². The maximum Gasteiger partial charge on any atom is 0.337 e. The van der Waals surface area contributed by atoms with Crippen LogP contribution in [-0.4, -0.2) is 31.8 Å². The highest BCUT2D eigenvalue weighted by atomic mass is 35.5. The second-order valence-electron chi connectivity index (χ2n) is 4.89. The summed E-state index contributed by atoms with van der Waals surface area (Å²) in [5, 5.41) is 4.56. The van der Waals surface area contributed by atoms with E-state index < -0.39 is 11.9 Å². The van der Waals surface area contributed by atoms with Crippen molar-refractivity contribution in [2.75, 3.05) is 13.7 Å². The fraction of sp³-hybridized carbons (Fsp3) is 0.118. The minimum Gasteiger partial charge on any atom is -0.481 e. The molecule has 0 aliphatic heterocycles. The summed E-state index contributed by atoms with van der Waals surface area (Å²) < 4.78 is 9.89. The highest BCUT2D eigenvalue weighted by Gasteiger charge is 2.11. The Balaban J connectivity index is 1.87. The number of halogens is 3. The fourth-order valence-electron chi connectivity index (χ4n) is 1.84. The monoisotopic (exact) mass is 414 g/mol. The van der Waals surface area contributed by atoms with E-state index in [1.165, 1.54) is 25.5 Å². The lowest BCUT2D eigenvalue weighted by atomic mass is 10.1. The van der Waals surface area contributed by atoms with Crippen molar-refractivity contribution in [2.24, 2.45) is 5.10 Å².